The zero-order valence-corrected chi connectivity index (χ0v) is 26.1. The molecule has 4 aromatic rings. The van der Waals surface area contributed by atoms with Crippen LogP contribution in [-0.2, 0) is 10.8 Å². The molecule has 7 heteroatoms. The summed E-state index contributed by atoms with van der Waals surface area (Å²) in [5.74, 6) is 1.16. The second-order valence-electron chi connectivity index (χ2n) is 7.78. The highest BCUT2D eigenvalue weighted by molar-refractivity contribution is 7.87. The summed E-state index contributed by atoms with van der Waals surface area (Å²) in [6, 6.07) is 16.3. The van der Waals surface area contributed by atoms with Gasteiger partial charge < -0.3 is 5.73 Å². The van der Waals surface area contributed by atoms with E-state index < -0.39 is 10.8 Å². The van der Waals surface area contributed by atoms with Crippen molar-refractivity contribution in [1.82, 2.24) is 4.98 Å². The molecule has 208 valence electrons. The van der Waals surface area contributed by atoms with Crippen LogP contribution in [0.3, 0.4) is 0 Å². The van der Waals surface area contributed by atoms with E-state index in [-0.39, 0.29) is 0 Å². The predicted octanol–water partition coefficient (Wildman–Crippen LogP) is 9.56. The zero-order chi connectivity index (χ0) is 30.6. The third-order valence-electron chi connectivity index (χ3n) is 5.06. The van der Waals surface area contributed by atoms with Gasteiger partial charge in [0.15, 0.2) is 0 Å². The molecule has 1 atom stereocenters. The minimum absolute atomic E-state index is 0.572. The summed E-state index contributed by atoms with van der Waals surface area (Å²) >= 11 is 8.85. The van der Waals surface area contributed by atoms with E-state index in [1.165, 1.54) is 11.3 Å². The summed E-state index contributed by atoms with van der Waals surface area (Å²) in [5, 5.41) is 2.95. The Hall–Kier alpha value is -4.45. The fourth-order valence-corrected chi connectivity index (χ4v) is 6.89. The van der Waals surface area contributed by atoms with E-state index in [1.54, 1.807) is 11.3 Å². The number of thiophene rings is 2. The van der Waals surface area contributed by atoms with Crippen molar-refractivity contribution in [1.29, 1.82) is 0 Å². The first-order valence-electron chi connectivity index (χ1n) is 12.4. The molecule has 1 unspecified atom stereocenters. The number of aromatic nitrogens is 1. The number of nitrogens with two attached hydrogens (primary N) is 1. The van der Waals surface area contributed by atoms with E-state index in [1.807, 2.05) is 29.6 Å². The average Bonchev–Trinajstić information content (AvgIpc) is 3.68. The van der Waals surface area contributed by atoms with E-state index in [0.717, 1.165) is 49.0 Å². The Morgan fingerprint density at radius 1 is 0.857 bits per heavy atom. The van der Waals surface area contributed by atoms with E-state index >= 15 is 0 Å². The Bertz CT molecular complexity index is 1840. The predicted molar refractivity (Wildman–Crippen MR) is 182 cm³/mol. The maximum Gasteiger partial charge on any atom is 0.127 e. The number of nitrogens with zero attached hydrogens (tertiary/aromatic N) is 1. The number of alkyl halides is 1. The Balaban J connectivity index is 0.000000369. The van der Waals surface area contributed by atoms with E-state index in [9.17, 15) is 4.21 Å². The van der Waals surface area contributed by atoms with E-state index in [4.69, 9.17) is 22.3 Å². The molecular formula is C35H27ClN2OS3. The molecule has 0 radical (unpaired) electrons. The summed E-state index contributed by atoms with van der Waals surface area (Å²) in [7, 11) is -1.14. The molecule has 42 heavy (non-hydrogen) atoms. The lowest BCUT2D eigenvalue weighted by atomic mass is 10.0. The van der Waals surface area contributed by atoms with Crippen LogP contribution >= 0.6 is 34.3 Å². The van der Waals surface area contributed by atoms with Gasteiger partial charge in [-0.3, -0.25) is 4.21 Å². The molecule has 0 saturated carbocycles. The minimum Gasteiger partial charge on any atom is -0.396 e. The van der Waals surface area contributed by atoms with E-state index in [2.05, 4.69) is 108 Å². The van der Waals surface area contributed by atoms with Gasteiger partial charge in [-0.05, 0) is 102 Å². The summed E-state index contributed by atoms with van der Waals surface area (Å²) in [5.41, 5.74) is 34.2. The van der Waals surface area contributed by atoms with E-state index in [0.29, 0.717) is 17.3 Å². The lowest BCUT2D eigenvalue weighted by Crippen LogP contribution is -1.99. The first-order chi connectivity index (χ1) is 20.5. The largest absolute Gasteiger partial charge is 0.396 e. The normalized spacial score (nSPS) is 9.45. The molecule has 0 aliphatic carbocycles. The van der Waals surface area contributed by atoms with Crippen molar-refractivity contribution in [2.75, 3.05) is 17.4 Å². The Labute approximate surface area is 262 Å². The van der Waals surface area contributed by atoms with Gasteiger partial charge in [0.05, 0.1) is 27.1 Å². The second-order valence-corrected chi connectivity index (χ2v) is 11.9. The van der Waals surface area contributed by atoms with Crippen molar-refractivity contribution in [2.24, 2.45) is 0 Å². The number of hydrogen-bond acceptors (Lipinski definition) is 5. The molecule has 0 bridgehead atoms. The summed E-state index contributed by atoms with van der Waals surface area (Å²) in [6.45, 7) is 12.9. The topological polar surface area (TPSA) is 56.0 Å². The number of pyridine rings is 1. The maximum atomic E-state index is 12.8. The number of nitrogen functional groups attached to an aromatic ring is 1. The molecule has 0 saturated heterocycles. The van der Waals surface area contributed by atoms with Crippen LogP contribution in [0.4, 0.5) is 5.69 Å². The Morgan fingerprint density at radius 2 is 1.50 bits per heavy atom. The molecule has 0 aliphatic heterocycles. The van der Waals surface area contributed by atoms with Crippen molar-refractivity contribution in [3.05, 3.63) is 138 Å². The van der Waals surface area contributed by atoms with Gasteiger partial charge in [-0.15, -0.1) is 34.3 Å². The molecule has 0 fully saturated rings. The molecule has 3 heterocycles. The third-order valence-corrected chi connectivity index (χ3v) is 9.21. The van der Waals surface area contributed by atoms with Crippen LogP contribution in [0.15, 0.2) is 142 Å². The van der Waals surface area contributed by atoms with Crippen molar-refractivity contribution in [3.8, 4) is 21.7 Å². The highest BCUT2D eigenvalue weighted by Gasteiger charge is 2.21. The number of unbranched alkanes of at least 4 members (excludes halogenated alkanes) is 1. The zero-order valence-electron chi connectivity index (χ0n) is 22.9. The summed E-state index contributed by atoms with van der Waals surface area (Å²) in [4.78, 5) is 6.80. The van der Waals surface area contributed by atoms with Gasteiger partial charge in [0.1, 0.15) is 9.04 Å². The Kier molecular flexibility index (Phi) is 15.7. The van der Waals surface area contributed by atoms with Crippen molar-refractivity contribution >= 4 is 61.0 Å². The summed E-state index contributed by atoms with van der Waals surface area (Å²) < 4.78 is 13.6. The van der Waals surface area contributed by atoms with Gasteiger partial charge in [0, 0.05) is 17.0 Å². The number of fused-ring (bicyclic) bond motifs is 1. The van der Waals surface area contributed by atoms with Crippen LogP contribution in [0, 0.1) is 0 Å². The number of hydrogen-bond donors (Lipinski definition) is 1. The highest BCUT2D eigenvalue weighted by atomic mass is 35.5. The van der Waals surface area contributed by atoms with Crippen LogP contribution in [0.1, 0.15) is 12.8 Å². The standard InChI is InChI=1S/C21H19ClN2OS3.C10H4.C4H4/c22-10-4-5-12-28(25)21-19(23)18-15(14-7-2-1-3-8-14)13-16(24-20(18)27-21)17-9-6-11-26-17;1-3-5-7-9-10-8-6-4-2;1-3-4-2/h1-3,6-9,11,13H,4-5,10,12,23H2;1-2H2;1-2H2. The van der Waals surface area contributed by atoms with Crippen LogP contribution in [0.25, 0.3) is 31.9 Å². The SMILES string of the molecule is C=C=C=C.C=C=C=C=C=C=C=C=C=C.Nc1c(S(=O)CCCCCl)sc2nc(-c3cccs3)cc(-c3ccccc3)c12. The molecule has 3 aromatic heterocycles. The molecular weight excluding hydrogens is 596 g/mol. The molecule has 4 rings (SSSR count). The number of benzene rings is 1. The molecule has 0 aliphatic rings. The third kappa shape index (κ3) is 10.5. The lowest BCUT2D eigenvalue weighted by molar-refractivity contribution is 0.681. The van der Waals surface area contributed by atoms with Gasteiger partial charge in [-0.25, -0.2) is 4.98 Å². The lowest BCUT2D eigenvalue weighted by Gasteiger charge is -2.08. The van der Waals surface area contributed by atoms with Crippen LogP contribution in [0.5, 0.6) is 0 Å². The van der Waals surface area contributed by atoms with Gasteiger partial charge in [-0.2, -0.15) is 0 Å². The van der Waals surface area contributed by atoms with Crippen LogP contribution in [0.2, 0.25) is 0 Å². The number of halogens is 1. The second kappa shape index (κ2) is 19.6. The monoisotopic (exact) mass is 622 g/mol. The van der Waals surface area contributed by atoms with Gasteiger partial charge in [0.2, 0.25) is 0 Å². The van der Waals surface area contributed by atoms with Gasteiger partial charge in [-0.1, -0.05) is 59.3 Å². The average molecular weight is 623 g/mol. The highest BCUT2D eigenvalue weighted by Crippen LogP contribution is 2.43. The number of anilines is 1. The summed E-state index contributed by atoms with van der Waals surface area (Å²) in [6.07, 6.45) is 1.68. The molecule has 3 nitrogen and oxygen atoms in total. The first-order valence-corrected chi connectivity index (χ1v) is 15.9. The van der Waals surface area contributed by atoms with Crippen LogP contribution in [-0.4, -0.2) is 20.8 Å². The van der Waals surface area contributed by atoms with Gasteiger partial charge in [0.25, 0.3) is 0 Å². The molecule has 0 spiro atoms. The fraction of sp³-hybridized carbons (Fsp3) is 0.114. The minimum atomic E-state index is -1.14. The Morgan fingerprint density at radius 3 is 2.05 bits per heavy atom. The fourth-order valence-electron chi connectivity index (χ4n) is 3.30. The first kappa shape index (κ1) is 33.8. The molecule has 0 amide bonds. The van der Waals surface area contributed by atoms with Gasteiger partial charge >= 0.3 is 0 Å². The number of rotatable bonds is 7. The molecule has 1 aromatic carbocycles. The molecule has 2 N–H and O–H groups in total. The van der Waals surface area contributed by atoms with Crippen molar-refractivity contribution in [2.45, 2.75) is 17.1 Å². The van der Waals surface area contributed by atoms with Crippen molar-refractivity contribution < 1.29 is 4.21 Å². The maximum absolute atomic E-state index is 12.8. The smallest absolute Gasteiger partial charge is 0.127 e. The van der Waals surface area contributed by atoms with Crippen molar-refractivity contribution in [3.63, 3.8) is 0 Å². The quantitative estimate of drug-likeness (QED) is 0.127. The van der Waals surface area contributed by atoms with Crippen LogP contribution < -0.4 is 5.73 Å².